The summed E-state index contributed by atoms with van der Waals surface area (Å²) >= 11 is 0. The molecule has 2 aromatic carbocycles. The molecule has 0 saturated carbocycles. The highest BCUT2D eigenvalue weighted by atomic mass is 19.1. The second kappa shape index (κ2) is 6.17. The van der Waals surface area contributed by atoms with Crippen LogP contribution in [0.3, 0.4) is 0 Å². The van der Waals surface area contributed by atoms with Crippen LogP contribution >= 0.6 is 0 Å². The van der Waals surface area contributed by atoms with E-state index < -0.39 is 5.82 Å². The molecule has 3 rings (SSSR count). The molecule has 0 aliphatic rings. The number of aromatic nitrogens is 2. The summed E-state index contributed by atoms with van der Waals surface area (Å²) in [4.78, 5) is 8.26. The zero-order valence-corrected chi connectivity index (χ0v) is 11.7. The maximum Gasteiger partial charge on any atom is 0.214 e. The van der Waals surface area contributed by atoms with Crippen LogP contribution in [0.1, 0.15) is 5.56 Å². The van der Waals surface area contributed by atoms with Crippen molar-refractivity contribution < 1.29 is 13.7 Å². The first-order valence-electron chi connectivity index (χ1n) is 6.50. The molecule has 0 fully saturated rings. The lowest BCUT2D eigenvalue weighted by atomic mass is 10.2. The van der Waals surface area contributed by atoms with Crippen molar-refractivity contribution in [3.63, 3.8) is 0 Å². The summed E-state index contributed by atoms with van der Waals surface area (Å²) in [6.07, 6.45) is 2.87. The Labute approximate surface area is 126 Å². The van der Waals surface area contributed by atoms with Crippen LogP contribution in [0, 0.1) is 5.82 Å². The van der Waals surface area contributed by atoms with E-state index in [1.807, 2.05) is 24.3 Å². The van der Waals surface area contributed by atoms with Gasteiger partial charge in [0.2, 0.25) is 12.2 Å². The van der Waals surface area contributed by atoms with Gasteiger partial charge in [-0.25, -0.2) is 4.39 Å². The maximum atomic E-state index is 13.6. The Morgan fingerprint density at radius 2 is 2.00 bits per heavy atom. The Hall–Kier alpha value is -3.02. The van der Waals surface area contributed by atoms with Gasteiger partial charge in [0.1, 0.15) is 0 Å². The van der Waals surface area contributed by atoms with Crippen molar-refractivity contribution in [1.29, 1.82) is 0 Å². The first-order valence-corrected chi connectivity index (χ1v) is 6.50. The summed E-state index contributed by atoms with van der Waals surface area (Å²) in [5.74, 6) is 0.313. The van der Waals surface area contributed by atoms with Crippen molar-refractivity contribution in [1.82, 2.24) is 10.1 Å². The fourth-order valence-corrected chi connectivity index (χ4v) is 1.91. The predicted molar refractivity (Wildman–Crippen MR) is 79.9 cm³/mol. The van der Waals surface area contributed by atoms with E-state index in [0.29, 0.717) is 11.4 Å². The van der Waals surface area contributed by atoms with Crippen LogP contribution in [0.5, 0.6) is 5.75 Å². The summed E-state index contributed by atoms with van der Waals surface area (Å²) in [7, 11) is 1.43. The molecule has 5 nitrogen and oxygen atoms in total. The molecule has 6 heteroatoms. The number of rotatable bonds is 4. The fourth-order valence-electron chi connectivity index (χ4n) is 1.91. The van der Waals surface area contributed by atoms with Gasteiger partial charge in [0.25, 0.3) is 0 Å². The highest BCUT2D eigenvalue weighted by Gasteiger charge is 2.03. The molecular weight excluding hydrogens is 285 g/mol. The number of benzene rings is 2. The van der Waals surface area contributed by atoms with Crippen LogP contribution in [0.4, 0.5) is 10.1 Å². The van der Waals surface area contributed by atoms with Crippen molar-refractivity contribution in [2.24, 2.45) is 4.99 Å². The zero-order valence-electron chi connectivity index (χ0n) is 11.7. The molecule has 1 heterocycles. The average molecular weight is 297 g/mol. The lowest BCUT2D eigenvalue weighted by Gasteiger charge is -2.01. The van der Waals surface area contributed by atoms with Crippen molar-refractivity contribution in [3.05, 3.63) is 60.2 Å². The average Bonchev–Trinajstić information content (AvgIpc) is 3.08. The molecule has 0 aliphatic heterocycles. The van der Waals surface area contributed by atoms with Crippen LogP contribution in [-0.2, 0) is 0 Å². The second-order valence-corrected chi connectivity index (χ2v) is 4.45. The molecule has 110 valence electrons. The van der Waals surface area contributed by atoms with E-state index in [1.54, 1.807) is 18.3 Å². The van der Waals surface area contributed by atoms with Gasteiger partial charge in [-0.3, -0.25) is 4.99 Å². The van der Waals surface area contributed by atoms with Crippen LogP contribution < -0.4 is 4.74 Å². The van der Waals surface area contributed by atoms with Gasteiger partial charge in [-0.05, 0) is 48.0 Å². The Bertz CT molecular complexity index is 784. The number of ether oxygens (including phenoxy) is 1. The Kier molecular flexibility index (Phi) is 3.91. The summed E-state index contributed by atoms with van der Waals surface area (Å²) in [5, 5.41) is 3.76. The molecule has 1 aromatic heterocycles. The quantitative estimate of drug-likeness (QED) is 0.690. The number of aliphatic imine (C=N–C) groups is 1. The zero-order chi connectivity index (χ0) is 15.4. The summed E-state index contributed by atoms with van der Waals surface area (Å²) in [6, 6.07) is 12.0. The number of halogens is 1. The smallest absolute Gasteiger partial charge is 0.214 e. The van der Waals surface area contributed by atoms with Crippen molar-refractivity contribution in [2.45, 2.75) is 0 Å². The molecule has 22 heavy (non-hydrogen) atoms. The third-order valence-electron chi connectivity index (χ3n) is 3.03. The number of methoxy groups -OCH3 is 1. The first kappa shape index (κ1) is 13.9. The van der Waals surface area contributed by atoms with Gasteiger partial charge >= 0.3 is 0 Å². The predicted octanol–water partition coefficient (Wildman–Crippen LogP) is 3.63. The molecule has 0 bridgehead atoms. The van der Waals surface area contributed by atoms with E-state index in [0.717, 1.165) is 11.3 Å². The molecule has 0 saturated heterocycles. The second-order valence-electron chi connectivity index (χ2n) is 4.45. The van der Waals surface area contributed by atoms with Crippen molar-refractivity contribution in [2.75, 3.05) is 7.11 Å². The molecular formula is C16H12FN3O2. The molecule has 0 unspecified atom stereocenters. The van der Waals surface area contributed by atoms with Crippen molar-refractivity contribution in [3.8, 4) is 17.1 Å². The molecule has 0 aliphatic carbocycles. The van der Waals surface area contributed by atoms with Crippen LogP contribution in [0.25, 0.3) is 11.4 Å². The van der Waals surface area contributed by atoms with Gasteiger partial charge in [-0.15, -0.1) is 0 Å². The molecule has 0 radical (unpaired) electrons. The minimum atomic E-state index is -0.418. The van der Waals surface area contributed by atoms with Crippen LogP contribution in [0.2, 0.25) is 0 Å². The van der Waals surface area contributed by atoms with E-state index in [4.69, 9.17) is 9.26 Å². The summed E-state index contributed by atoms with van der Waals surface area (Å²) in [5.41, 5.74) is 2.23. The fraction of sp³-hybridized carbons (Fsp3) is 0.0625. The van der Waals surface area contributed by atoms with Gasteiger partial charge in [-0.1, -0.05) is 5.16 Å². The number of hydrogen-bond acceptors (Lipinski definition) is 5. The third kappa shape index (κ3) is 3.01. The lowest BCUT2D eigenvalue weighted by molar-refractivity contribution is 0.386. The van der Waals surface area contributed by atoms with Gasteiger partial charge in [0, 0.05) is 11.8 Å². The molecule has 0 spiro atoms. The van der Waals surface area contributed by atoms with E-state index in [2.05, 4.69) is 15.1 Å². The van der Waals surface area contributed by atoms with Crippen LogP contribution in [0.15, 0.2) is 58.4 Å². The van der Waals surface area contributed by atoms with Crippen molar-refractivity contribution >= 4 is 11.9 Å². The van der Waals surface area contributed by atoms with E-state index in [9.17, 15) is 4.39 Å². The summed E-state index contributed by atoms with van der Waals surface area (Å²) in [6.45, 7) is 0. The number of hydrogen-bond donors (Lipinski definition) is 0. The largest absolute Gasteiger partial charge is 0.494 e. The van der Waals surface area contributed by atoms with Crippen LogP contribution in [-0.4, -0.2) is 23.5 Å². The Morgan fingerprint density at radius 3 is 2.64 bits per heavy atom. The SMILES string of the molecule is COc1ccc(C=Nc2ccc(-c3ncon3)cc2)cc1F. The minimum Gasteiger partial charge on any atom is -0.494 e. The standard InChI is InChI=1S/C16H12FN3O2/c1-21-15-7-2-11(8-14(15)17)9-18-13-5-3-12(4-6-13)16-19-10-22-20-16/h2-10H,1H3. The number of nitrogens with zero attached hydrogens (tertiary/aromatic N) is 3. The van der Waals surface area contributed by atoms with E-state index in [-0.39, 0.29) is 5.75 Å². The maximum absolute atomic E-state index is 13.6. The third-order valence-corrected chi connectivity index (χ3v) is 3.03. The molecule has 0 N–H and O–H groups in total. The molecule has 0 atom stereocenters. The monoisotopic (exact) mass is 297 g/mol. The Balaban J connectivity index is 1.76. The first-order chi connectivity index (χ1) is 10.8. The highest BCUT2D eigenvalue weighted by Crippen LogP contribution is 2.20. The van der Waals surface area contributed by atoms with Gasteiger partial charge < -0.3 is 9.26 Å². The molecule has 0 amide bonds. The van der Waals surface area contributed by atoms with E-state index in [1.165, 1.54) is 19.6 Å². The van der Waals surface area contributed by atoms with Gasteiger partial charge in [0.15, 0.2) is 11.6 Å². The topological polar surface area (TPSA) is 60.5 Å². The highest BCUT2D eigenvalue weighted by molar-refractivity contribution is 5.82. The Morgan fingerprint density at radius 1 is 1.18 bits per heavy atom. The van der Waals surface area contributed by atoms with Gasteiger partial charge in [0.05, 0.1) is 12.8 Å². The minimum absolute atomic E-state index is 0.210. The lowest BCUT2D eigenvalue weighted by Crippen LogP contribution is -1.90. The van der Waals surface area contributed by atoms with E-state index >= 15 is 0 Å². The summed E-state index contributed by atoms with van der Waals surface area (Å²) < 4.78 is 23.1. The normalized spacial score (nSPS) is 11.0. The van der Waals surface area contributed by atoms with Gasteiger partial charge in [-0.2, -0.15) is 4.98 Å². The molecule has 3 aromatic rings.